The minimum absolute atomic E-state index is 0.00262. The summed E-state index contributed by atoms with van der Waals surface area (Å²) in [5.74, 6) is 1.25. The fourth-order valence-electron chi connectivity index (χ4n) is 3.53. The minimum atomic E-state index is -0.768. The highest BCUT2D eigenvalue weighted by Crippen LogP contribution is 2.21. The van der Waals surface area contributed by atoms with E-state index in [0.29, 0.717) is 18.5 Å². The van der Waals surface area contributed by atoms with Crippen LogP contribution in [0.2, 0.25) is 0 Å². The molecule has 4 rings (SSSR count). The molecule has 25 heavy (non-hydrogen) atoms. The van der Waals surface area contributed by atoms with E-state index in [9.17, 15) is 9.59 Å². The molecule has 130 valence electrons. The zero-order valence-corrected chi connectivity index (χ0v) is 14.1. The van der Waals surface area contributed by atoms with Crippen LogP contribution in [0.15, 0.2) is 24.3 Å². The third-order valence-electron chi connectivity index (χ3n) is 4.87. The van der Waals surface area contributed by atoms with E-state index in [4.69, 9.17) is 4.74 Å². The summed E-state index contributed by atoms with van der Waals surface area (Å²) in [6.45, 7) is 2.70. The van der Waals surface area contributed by atoms with Gasteiger partial charge in [0.25, 0.3) is 5.91 Å². The first-order valence-corrected chi connectivity index (χ1v) is 8.66. The zero-order chi connectivity index (χ0) is 17.4. The van der Waals surface area contributed by atoms with E-state index >= 15 is 0 Å². The number of amides is 1. The molecule has 0 bridgehead atoms. The topological polar surface area (TPSA) is 86.1 Å². The molecule has 0 radical (unpaired) electrons. The highest BCUT2D eigenvalue weighted by Gasteiger charge is 2.33. The first kappa shape index (κ1) is 15.8. The molecule has 0 unspecified atom stereocenters. The lowest BCUT2D eigenvalue weighted by molar-refractivity contribution is -0.131. The highest BCUT2D eigenvalue weighted by atomic mass is 16.5. The van der Waals surface area contributed by atoms with Gasteiger partial charge >= 0.3 is 5.97 Å². The number of aryl methyl sites for hydroxylation is 2. The van der Waals surface area contributed by atoms with Gasteiger partial charge in [0.05, 0.1) is 5.56 Å². The van der Waals surface area contributed by atoms with Crippen LogP contribution >= 0.6 is 0 Å². The number of esters is 1. The summed E-state index contributed by atoms with van der Waals surface area (Å²) in [5.41, 5.74) is 1.41. The van der Waals surface area contributed by atoms with Gasteiger partial charge in [-0.05, 0) is 18.1 Å². The third kappa shape index (κ3) is 2.90. The number of hydrogen-bond donors (Lipinski definition) is 1. The van der Waals surface area contributed by atoms with E-state index < -0.39 is 12.1 Å². The van der Waals surface area contributed by atoms with E-state index in [0.717, 1.165) is 36.5 Å². The maximum absolute atomic E-state index is 12.6. The largest absolute Gasteiger partial charge is 0.448 e. The second-order valence-corrected chi connectivity index (χ2v) is 6.50. The lowest BCUT2D eigenvalue weighted by Crippen LogP contribution is -2.48. The van der Waals surface area contributed by atoms with Crippen molar-refractivity contribution >= 4 is 11.9 Å². The summed E-state index contributed by atoms with van der Waals surface area (Å²) in [4.78, 5) is 24.7. The fraction of sp³-hybridized carbons (Fsp3) is 0.444. The molecule has 2 aromatic rings. The molecule has 2 aliphatic heterocycles. The normalized spacial score (nSPS) is 21.9. The molecule has 3 heterocycles. The lowest BCUT2D eigenvalue weighted by Gasteiger charge is -2.28. The number of carbonyl (C=O) groups is 2. The van der Waals surface area contributed by atoms with Crippen LogP contribution in [0, 0.1) is 0 Å². The van der Waals surface area contributed by atoms with E-state index in [-0.39, 0.29) is 11.9 Å². The van der Waals surface area contributed by atoms with Crippen LogP contribution in [0.1, 0.15) is 40.9 Å². The number of hydrogen-bond acceptors (Lipinski definition) is 5. The van der Waals surface area contributed by atoms with Crippen molar-refractivity contribution in [2.45, 2.75) is 51.3 Å². The molecule has 2 aliphatic rings. The summed E-state index contributed by atoms with van der Waals surface area (Å²) >= 11 is 0. The number of aromatic nitrogens is 3. The zero-order valence-electron chi connectivity index (χ0n) is 14.1. The molecule has 1 aromatic carbocycles. The molecule has 0 spiro atoms. The number of nitrogens with one attached hydrogen (secondary N) is 1. The van der Waals surface area contributed by atoms with Gasteiger partial charge in [-0.15, -0.1) is 10.2 Å². The molecule has 0 aliphatic carbocycles. The molecular weight excluding hydrogens is 320 g/mol. The maximum atomic E-state index is 12.6. The van der Waals surface area contributed by atoms with Crippen LogP contribution in [0.25, 0.3) is 0 Å². The van der Waals surface area contributed by atoms with E-state index in [1.54, 1.807) is 12.1 Å². The Bertz CT molecular complexity index is 816. The number of carbonyl (C=O) groups excluding carboxylic acids is 2. The Labute approximate surface area is 145 Å². The number of nitrogens with zero attached hydrogens (tertiary/aromatic N) is 3. The van der Waals surface area contributed by atoms with E-state index in [1.165, 1.54) is 0 Å². The average Bonchev–Trinajstić information content (AvgIpc) is 3.04. The summed E-state index contributed by atoms with van der Waals surface area (Å²) < 4.78 is 7.41. The molecule has 7 heteroatoms. The Kier molecular flexibility index (Phi) is 3.99. The summed E-state index contributed by atoms with van der Waals surface area (Å²) in [5, 5.41) is 11.4. The predicted molar refractivity (Wildman–Crippen MR) is 89.0 cm³/mol. The fourth-order valence-corrected chi connectivity index (χ4v) is 3.53. The lowest BCUT2D eigenvalue weighted by atomic mass is 9.98. The van der Waals surface area contributed by atoms with Crippen molar-refractivity contribution in [3.8, 4) is 0 Å². The van der Waals surface area contributed by atoms with E-state index in [1.807, 2.05) is 19.1 Å². The van der Waals surface area contributed by atoms with Crippen LogP contribution in [-0.4, -0.2) is 38.8 Å². The maximum Gasteiger partial charge on any atom is 0.339 e. The monoisotopic (exact) mass is 340 g/mol. The van der Waals surface area contributed by atoms with Crippen LogP contribution < -0.4 is 5.32 Å². The van der Waals surface area contributed by atoms with Gasteiger partial charge in [-0.1, -0.05) is 25.1 Å². The van der Waals surface area contributed by atoms with Crippen LogP contribution in [0.4, 0.5) is 0 Å². The number of ether oxygens (including phenoxy) is 1. The quantitative estimate of drug-likeness (QED) is 0.844. The second-order valence-electron chi connectivity index (χ2n) is 6.50. The molecule has 1 aromatic heterocycles. The summed E-state index contributed by atoms with van der Waals surface area (Å²) in [7, 11) is 0. The van der Waals surface area contributed by atoms with Crippen molar-refractivity contribution in [3.05, 3.63) is 47.0 Å². The van der Waals surface area contributed by atoms with Gasteiger partial charge in [0.2, 0.25) is 0 Å². The van der Waals surface area contributed by atoms with Crippen molar-refractivity contribution < 1.29 is 14.3 Å². The number of fused-ring (bicyclic) bond motifs is 2. The molecule has 0 saturated heterocycles. The van der Waals surface area contributed by atoms with Gasteiger partial charge in [-0.25, -0.2) is 4.79 Å². The average molecular weight is 340 g/mol. The van der Waals surface area contributed by atoms with Gasteiger partial charge in [-0.3, -0.25) is 4.79 Å². The number of benzene rings is 1. The Balaban J connectivity index is 1.44. The van der Waals surface area contributed by atoms with E-state index in [2.05, 4.69) is 20.1 Å². The van der Waals surface area contributed by atoms with Crippen molar-refractivity contribution in [3.63, 3.8) is 0 Å². The SMILES string of the molecule is CCc1nnc2n1C[C@H](NC(=O)[C@@H]1Cc3ccccc3C(=O)O1)CC2. The summed E-state index contributed by atoms with van der Waals surface area (Å²) in [6.07, 6.45) is 2.05. The van der Waals surface area contributed by atoms with Crippen molar-refractivity contribution in [1.82, 2.24) is 20.1 Å². The third-order valence-corrected chi connectivity index (χ3v) is 4.87. The first-order valence-electron chi connectivity index (χ1n) is 8.66. The molecule has 0 fully saturated rings. The molecule has 2 atom stereocenters. The Morgan fingerprint density at radius 2 is 2.20 bits per heavy atom. The minimum Gasteiger partial charge on any atom is -0.448 e. The van der Waals surface area contributed by atoms with Crippen LogP contribution in [-0.2, 0) is 35.3 Å². The van der Waals surface area contributed by atoms with Crippen molar-refractivity contribution in [2.24, 2.45) is 0 Å². The van der Waals surface area contributed by atoms with Gasteiger partial charge in [-0.2, -0.15) is 0 Å². The first-order chi connectivity index (χ1) is 12.2. The highest BCUT2D eigenvalue weighted by molar-refractivity contribution is 5.95. The van der Waals surface area contributed by atoms with Gasteiger partial charge in [0.1, 0.15) is 11.6 Å². The second kappa shape index (κ2) is 6.31. The van der Waals surface area contributed by atoms with Gasteiger partial charge in [0, 0.05) is 31.8 Å². The molecule has 1 N–H and O–H groups in total. The molecule has 1 amide bonds. The Hall–Kier alpha value is -2.70. The Morgan fingerprint density at radius 1 is 1.36 bits per heavy atom. The van der Waals surface area contributed by atoms with Crippen molar-refractivity contribution in [2.75, 3.05) is 0 Å². The molecular formula is C18H20N4O3. The smallest absolute Gasteiger partial charge is 0.339 e. The standard InChI is InChI=1S/C18H20N4O3/c1-2-15-20-21-16-8-7-12(10-22(15)16)19-17(23)14-9-11-5-3-4-6-13(11)18(24)25-14/h3-6,12,14H,2,7-10H2,1H3,(H,19,23)/t12-,14+/m1/s1. The number of rotatable bonds is 3. The predicted octanol–water partition coefficient (Wildman–Crippen LogP) is 1.05. The van der Waals surface area contributed by atoms with Crippen LogP contribution in [0.5, 0.6) is 0 Å². The van der Waals surface area contributed by atoms with Gasteiger partial charge < -0.3 is 14.6 Å². The van der Waals surface area contributed by atoms with Crippen LogP contribution in [0.3, 0.4) is 0 Å². The summed E-state index contributed by atoms with van der Waals surface area (Å²) in [6, 6.07) is 7.26. The van der Waals surface area contributed by atoms with Crippen molar-refractivity contribution in [1.29, 1.82) is 0 Å². The molecule has 7 nitrogen and oxygen atoms in total. The van der Waals surface area contributed by atoms with Gasteiger partial charge in [0.15, 0.2) is 6.10 Å². The number of cyclic esters (lactones) is 1. The Morgan fingerprint density at radius 3 is 3.04 bits per heavy atom. The molecule has 0 saturated carbocycles.